The van der Waals surface area contributed by atoms with E-state index in [2.05, 4.69) is 49.3 Å². The van der Waals surface area contributed by atoms with Crippen LogP contribution in [0.1, 0.15) is 5.56 Å². The SMILES string of the molecule is CN(C)CCc1ccccc1.c1ccccc1. The minimum Gasteiger partial charge on any atom is -0.309 e. The van der Waals surface area contributed by atoms with Gasteiger partial charge >= 0.3 is 0 Å². The molecule has 0 saturated carbocycles. The maximum Gasteiger partial charge on any atom is 0.00157 e. The molecule has 0 aliphatic rings. The van der Waals surface area contributed by atoms with Crippen molar-refractivity contribution in [1.29, 1.82) is 0 Å². The van der Waals surface area contributed by atoms with Crippen LogP contribution in [0.15, 0.2) is 66.7 Å². The number of rotatable bonds is 3. The average Bonchev–Trinajstić information content (AvgIpc) is 2.40. The summed E-state index contributed by atoms with van der Waals surface area (Å²) in [6, 6.07) is 22.6. The molecule has 0 heterocycles. The van der Waals surface area contributed by atoms with E-state index < -0.39 is 0 Å². The van der Waals surface area contributed by atoms with Gasteiger partial charge in [0, 0.05) is 6.54 Å². The van der Waals surface area contributed by atoms with E-state index in [1.807, 2.05) is 36.4 Å². The van der Waals surface area contributed by atoms with Gasteiger partial charge < -0.3 is 4.90 Å². The Labute approximate surface area is 105 Å². The highest BCUT2D eigenvalue weighted by Crippen LogP contribution is 1.99. The molecule has 1 nitrogen and oxygen atoms in total. The topological polar surface area (TPSA) is 3.24 Å². The van der Waals surface area contributed by atoms with Crippen LogP contribution < -0.4 is 0 Å². The Balaban J connectivity index is 0.000000202. The summed E-state index contributed by atoms with van der Waals surface area (Å²) in [6.07, 6.45) is 1.15. The molecule has 0 atom stereocenters. The van der Waals surface area contributed by atoms with E-state index in [4.69, 9.17) is 0 Å². The van der Waals surface area contributed by atoms with Crippen molar-refractivity contribution >= 4 is 0 Å². The molecule has 2 aromatic rings. The van der Waals surface area contributed by atoms with Gasteiger partial charge in [-0.3, -0.25) is 0 Å². The first-order valence-electron chi connectivity index (χ1n) is 5.97. The predicted molar refractivity (Wildman–Crippen MR) is 75.1 cm³/mol. The van der Waals surface area contributed by atoms with E-state index in [0.717, 1.165) is 13.0 Å². The summed E-state index contributed by atoms with van der Waals surface area (Å²) in [7, 11) is 4.20. The van der Waals surface area contributed by atoms with Crippen LogP contribution in [-0.4, -0.2) is 25.5 Å². The van der Waals surface area contributed by atoms with Gasteiger partial charge in [0.2, 0.25) is 0 Å². The third-order valence-electron chi connectivity index (χ3n) is 2.36. The lowest BCUT2D eigenvalue weighted by Gasteiger charge is -2.08. The Kier molecular flexibility index (Phi) is 6.76. The fraction of sp³-hybridized carbons (Fsp3) is 0.250. The second-order valence-corrected chi connectivity index (χ2v) is 4.19. The third kappa shape index (κ3) is 7.31. The summed E-state index contributed by atoms with van der Waals surface area (Å²) in [6.45, 7) is 1.13. The maximum atomic E-state index is 2.20. The van der Waals surface area contributed by atoms with Crippen molar-refractivity contribution in [2.45, 2.75) is 6.42 Å². The minimum absolute atomic E-state index is 1.13. The monoisotopic (exact) mass is 227 g/mol. The highest BCUT2D eigenvalue weighted by Gasteiger charge is 1.91. The summed E-state index contributed by atoms with van der Waals surface area (Å²) in [5.74, 6) is 0. The first kappa shape index (κ1) is 13.5. The highest BCUT2D eigenvalue weighted by molar-refractivity contribution is 5.14. The molecule has 1 heteroatoms. The third-order valence-corrected chi connectivity index (χ3v) is 2.36. The van der Waals surface area contributed by atoms with Gasteiger partial charge in [0.25, 0.3) is 0 Å². The van der Waals surface area contributed by atoms with Gasteiger partial charge in [0.1, 0.15) is 0 Å². The van der Waals surface area contributed by atoms with Crippen LogP contribution >= 0.6 is 0 Å². The average molecular weight is 227 g/mol. The van der Waals surface area contributed by atoms with Gasteiger partial charge in [0.05, 0.1) is 0 Å². The first-order valence-corrected chi connectivity index (χ1v) is 5.97. The van der Waals surface area contributed by atoms with Crippen molar-refractivity contribution in [2.75, 3.05) is 20.6 Å². The number of hydrogen-bond donors (Lipinski definition) is 0. The Morgan fingerprint density at radius 1 is 0.706 bits per heavy atom. The number of likely N-dealkylation sites (N-methyl/N-ethyl adjacent to an activating group) is 1. The molecule has 0 amide bonds. The summed E-state index contributed by atoms with van der Waals surface area (Å²) in [5.41, 5.74) is 1.42. The Morgan fingerprint density at radius 2 is 1.12 bits per heavy atom. The zero-order valence-electron chi connectivity index (χ0n) is 10.7. The molecular weight excluding hydrogens is 206 g/mol. The van der Waals surface area contributed by atoms with Crippen LogP contribution in [0.5, 0.6) is 0 Å². The van der Waals surface area contributed by atoms with Gasteiger partial charge in [-0.15, -0.1) is 0 Å². The summed E-state index contributed by atoms with van der Waals surface area (Å²) < 4.78 is 0. The van der Waals surface area contributed by atoms with Gasteiger partial charge in [-0.1, -0.05) is 66.7 Å². The van der Waals surface area contributed by atoms with Crippen LogP contribution in [0.4, 0.5) is 0 Å². The quantitative estimate of drug-likeness (QED) is 0.776. The van der Waals surface area contributed by atoms with Crippen molar-refractivity contribution in [3.8, 4) is 0 Å². The van der Waals surface area contributed by atoms with Gasteiger partial charge in [-0.2, -0.15) is 0 Å². The van der Waals surface area contributed by atoms with Crippen molar-refractivity contribution < 1.29 is 0 Å². The molecule has 0 N–H and O–H groups in total. The van der Waals surface area contributed by atoms with Crippen molar-refractivity contribution in [3.63, 3.8) is 0 Å². The highest BCUT2D eigenvalue weighted by atomic mass is 15.0. The Hall–Kier alpha value is -1.60. The number of nitrogens with zero attached hydrogens (tertiary/aromatic N) is 1. The van der Waals surface area contributed by atoms with E-state index in [0.29, 0.717) is 0 Å². The maximum absolute atomic E-state index is 2.20. The zero-order valence-corrected chi connectivity index (χ0v) is 10.7. The molecule has 0 aromatic heterocycles. The molecular formula is C16H21N. The van der Waals surface area contributed by atoms with E-state index in [9.17, 15) is 0 Å². The molecule has 0 spiro atoms. The molecule has 0 saturated heterocycles. The van der Waals surface area contributed by atoms with Crippen LogP contribution in [-0.2, 0) is 6.42 Å². The van der Waals surface area contributed by atoms with Crippen molar-refractivity contribution in [3.05, 3.63) is 72.3 Å². The van der Waals surface area contributed by atoms with Crippen LogP contribution in [0, 0.1) is 0 Å². The Morgan fingerprint density at radius 3 is 1.53 bits per heavy atom. The van der Waals surface area contributed by atoms with Crippen molar-refractivity contribution in [1.82, 2.24) is 4.90 Å². The predicted octanol–water partition coefficient (Wildman–Crippen LogP) is 3.48. The van der Waals surface area contributed by atoms with E-state index in [1.165, 1.54) is 5.56 Å². The van der Waals surface area contributed by atoms with Crippen LogP contribution in [0.2, 0.25) is 0 Å². The fourth-order valence-corrected chi connectivity index (χ4v) is 1.38. The zero-order chi connectivity index (χ0) is 12.3. The largest absolute Gasteiger partial charge is 0.309 e. The normalized spacial score (nSPS) is 9.59. The van der Waals surface area contributed by atoms with E-state index in [1.54, 1.807) is 0 Å². The van der Waals surface area contributed by atoms with Crippen molar-refractivity contribution in [2.24, 2.45) is 0 Å². The first-order chi connectivity index (χ1) is 8.29. The molecule has 2 rings (SSSR count). The molecule has 2 aromatic carbocycles. The fourth-order valence-electron chi connectivity index (χ4n) is 1.38. The minimum atomic E-state index is 1.13. The van der Waals surface area contributed by atoms with Crippen LogP contribution in [0.3, 0.4) is 0 Å². The number of hydrogen-bond acceptors (Lipinski definition) is 1. The molecule has 0 aliphatic carbocycles. The second-order valence-electron chi connectivity index (χ2n) is 4.19. The molecule has 0 unspecified atom stereocenters. The molecule has 0 aliphatic heterocycles. The lowest BCUT2D eigenvalue weighted by molar-refractivity contribution is 0.413. The van der Waals surface area contributed by atoms with Gasteiger partial charge in [0.15, 0.2) is 0 Å². The molecule has 0 radical (unpaired) electrons. The molecule has 90 valence electrons. The molecule has 0 fully saturated rings. The van der Waals surface area contributed by atoms with Crippen LogP contribution in [0.25, 0.3) is 0 Å². The summed E-state index contributed by atoms with van der Waals surface area (Å²) in [4.78, 5) is 2.20. The Bertz CT molecular complexity index is 341. The summed E-state index contributed by atoms with van der Waals surface area (Å²) in [5, 5.41) is 0. The second kappa shape index (κ2) is 8.54. The van der Waals surface area contributed by atoms with Gasteiger partial charge in [-0.05, 0) is 26.1 Å². The lowest BCUT2D eigenvalue weighted by atomic mass is 10.1. The van der Waals surface area contributed by atoms with E-state index in [-0.39, 0.29) is 0 Å². The van der Waals surface area contributed by atoms with E-state index >= 15 is 0 Å². The lowest BCUT2D eigenvalue weighted by Crippen LogP contribution is -2.14. The molecule has 17 heavy (non-hydrogen) atoms. The smallest absolute Gasteiger partial charge is 0.00157 e. The number of benzene rings is 2. The standard InChI is InChI=1S/C10H15N.C6H6/c1-11(2)9-8-10-6-4-3-5-7-10;1-2-4-6-5-3-1/h3-7H,8-9H2,1-2H3;1-6H. The molecule has 0 bridgehead atoms. The summed E-state index contributed by atoms with van der Waals surface area (Å²) >= 11 is 0. The van der Waals surface area contributed by atoms with Gasteiger partial charge in [-0.25, -0.2) is 0 Å².